The van der Waals surface area contributed by atoms with Crippen molar-refractivity contribution in [1.29, 1.82) is 0 Å². The number of aliphatic hydroxyl groups excluding tert-OH is 1. The summed E-state index contributed by atoms with van der Waals surface area (Å²) < 4.78 is 12.8. The van der Waals surface area contributed by atoms with E-state index >= 15 is 0 Å². The van der Waals surface area contributed by atoms with Gasteiger partial charge < -0.3 is 10.4 Å². The number of amides is 1. The Labute approximate surface area is 129 Å². The number of rotatable bonds is 6. The van der Waals surface area contributed by atoms with Gasteiger partial charge in [-0.2, -0.15) is 0 Å². The molecule has 1 amide bonds. The summed E-state index contributed by atoms with van der Waals surface area (Å²) in [6.07, 6.45) is 5.28. The Morgan fingerprint density at radius 1 is 1.29 bits per heavy atom. The summed E-state index contributed by atoms with van der Waals surface area (Å²) >= 11 is 1.36. The topological polar surface area (TPSA) is 49.3 Å². The fourth-order valence-electron chi connectivity index (χ4n) is 2.63. The molecule has 1 atom stereocenters. The van der Waals surface area contributed by atoms with Crippen LogP contribution in [-0.2, 0) is 4.79 Å². The van der Waals surface area contributed by atoms with Crippen molar-refractivity contribution in [2.24, 2.45) is 5.92 Å². The maximum Gasteiger partial charge on any atom is 0.230 e. The molecule has 1 unspecified atom stereocenters. The number of carbonyl (C=O) groups excluding carboxylic acids is 1. The number of thioether (sulfide) groups is 1. The molecule has 3 nitrogen and oxygen atoms in total. The smallest absolute Gasteiger partial charge is 0.230 e. The van der Waals surface area contributed by atoms with Crippen molar-refractivity contribution in [2.75, 3.05) is 12.3 Å². The van der Waals surface area contributed by atoms with Crippen LogP contribution in [-0.4, -0.2) is 29.4 Å². The van der Waals surface area contributed by atoms with Crippen molar-refractivity contribution in [2.45, 2.75) is 43.1 Å². The average Bonchev–Trinajstić information content (AvgIpc) is 2.53. The summed E-state index contributed by atoms with van der Waals surface area (Å²) in [5, 5.41) is 12.9. The molecule has 5 heteroatoms. The van der Waals surface area contributed by atoms with Crippen LogP contribution in [0.1, 0.15) is 32.1 Å². The van der Waals surface area contributed by atoms with Crippen LogP contribution in [0.3, 0.4) is 0 Å². The van der Waals surface area contributed by atoms with Crippen molar-refractivity contribution in [1.82, 2.24) is 5.32 Å². The van der Waals surface area contributed by atoms with Crippen LogP contribution < -0.4 is 5.32 Å². The lowest BCUT2D eigenvalue weighted by Gasteiger charge is -2.26. The molecule has 116 valence electrons. The summed E-state index contributed by atoms with van der Waals surface area (Å²) in [6.45, 7) is 0.327. The molecule has 1 aliphatic rings. The second-order valence-corrected chi connectivity index (χ2v) is 6.56. The molecule has 0 saturated heterocycles. The lowest BCUT2D eigenvalue weighted by atomic mass is 9.85. The van der Waals surface area contributed by atoms with Gasteiger partial charge in [-0.15, -0.1) is 11.8 Å². The van der Waals surface area contributed by atoms with Crippen LogP contribution in [0.25, 0.3) is 0 Å². The summed E-state index contributed by atoms with van der Waals surface area (Å²) in [6, 6.07) is 6.08. The number of hydrogen-bond acceptors (Lipinski definition) is 3. The minimum atomic E-state index is -0.440. The van der Waals surface area contributed by atoms with E-state index in [9.17, 15) is 14.3 Å². The number of carbonyl (C=O) groups is 1. The highest BCUT2D eigenvalue weighted by Crippen LogP contribution is 2.26. The van der Waals surface area contributed by atoms with Crippen LogP contribution in [0.15, 0.2) is 29.2 Å². The van der Waals surface area contributed by atoms with E-state index in [1.54, 1.807) is 12.1 Å². The molecule has 2 N–H and O–H groups in total. The molecule has 0 bridgehead atoms. The third-order valence-corrected chi connectivity index (χ3v) is 4.90. The van der Waals surface area contributed by atoms with Gasteiger partial charge in [0.15, 0.2) is 0 Å². The van der Waals surface area contributed by atoms with E-state index in [-0.39, 0.29) is 17.5 Å². The quantitative estimate of drug-likeness (QED) is 0.794. The van der Waals surface area contributed by atoms with Crippen LogP contribution in [0.4, 0.5) is 4.39 Å². The van der Waals surface area contributed by atoms with E-state index in [4.69, 9.17) is 0 Å². The molecule has 1 fully saturated rings. The number of nitrogens with one attached hydrogen (secondary N) is 1. The highest BCUT2D eigenvalue weighted by molar-refractivity contribution is 8.00. The number of aliphatic hydroxyl groups is 1. The second kappa shape index (κ2) is 8.39. The first-order chi connectivity index (χ1) is 10.1. The number of hydrogen-bond donors (Lipinski definition) is 2. The zero-order chi connectivity index (χ0) is 15.1. The van der Waals surface area contributed by atoms with Gasteiger partial charge in [0.2, 0.25) is 5.91 Å². The summed E-state index contributed by atoms with van der Waals surface area (Å²) in [7, 11) is 0. The predicted octanol–water partition coefficient (Wildman–Crippen LogP) is 2.98. The third kappa shape index (κ3) is 5.67. The molecule has 0 radical (unpaired) electrons. The van der Waals surface area contributed by atoms with Gasteiger partial charge in [0.05, 0.1) is 11.9 Å². The fraction of sp³-hybridized carbons (Fsp3) is 0.562. The van der Waals surface area contributed by atoms with Gasteiger partial charge in [-0.25, -0.2) is 4.39 Å². The van der Waals surface area contributed by atoms with E-state index in [2.05, 4.69) is 5.32 Å². The Balaban J connectivity index is 1.66. The first-order valence-corrected chi connectivity index (χ1v) is 8.47. The van der Waals surface area contributed by atoms with Gasteiger partial charge in [-0.1, -0.05) is 19.3 Å². The molecule has 1 aliphatic carbocycles. The van der Waals surface area contributed by atoms with E-state index in [1.165, 1.54) is 43.2 Å². The average molecular weight is 311 g/mol. The Kier molecular flexibility index (Phi) is 6.51. The number of halogens is 1. The van der Waals surface area contributed by atoms with Gasteiger partial charge >= 0.3 is 0 Å². The zero-order valence-electron chi connectivity index (χ0n) is 12.1. The molecule has 0 aromatic heterocycles. The van der Waals surface area contributed by atoms with E-state index in [1.807, 2.05) is 0 Å². The maximum absolute atomic E-state index is 12.8. The monoisotopic (exact) mass is 311 g/mol. The molecular weight excluding hydrogens is 289 g/mol. The first-order valence-electron chi connectivity index (χ1n) is 7.48. The highest BCUT2D eigenvalue weighted by atomic mass is 32.2. The highest BCUT2D eigenvalue weighted by Gasteiger charge is 2.21. The van der Waals surface area contributed by atoms with Crippen molar-refractivity contribution >= 4 is 17.7 Å². The van der Waals surface area contributed by atoms with Crippen LogP contribution in [0, 0.1) is 11.7 Å². The van der Waals surface area contributed by atoms with E-state index in [0.717, 1.165) is 17.7 Å². The molecule has 21 heavy (non-hydrogen) atoms. The molecular formula is C16H22FNO2S. The van der Waals surface area contributed by atoms with E-state index < -0.39 is 6.10 Å². The molecule has 1 saturated carbocycles. The minimum absolute atomic E-state index is 0.0980. The first kappa shape index (κ1) is 16.3. The standard InChI is InChI=1S/C16H22FNO2S/c17-13-6-8-14(9-7-13)21-11-16(20)18-10-15(19)12-4-2-1-3-5-12/h6-9,12,15,19H,1-5,10-11H2,(H,18,20). The minimum Gasteiger partial charge on any atom is -0.391 e. The Morgan fingerprint density at radius 2 is 1.95 bits per heavy atom. The zero-order valence-corrected chi connectivity index (χ0v) is 12.9. The van der Waals surface area contributed by atoms with Crippen molar-refractivity contribution in [3.8, 4) is 0 Å². The fourth-order valence-corrected chi connectivity index (χ4v) is 3.36. The van der Waals surface area contributed by atoms with Crippen LogP contribution in [0.5, 0.6) is 0 Å². The lowest BCUT2D eigenvalue weighted by Crippen LogP contribution is -2.37. The second-order valence-electron chi connectivity index (χ2n) is 5.51. The molecule has 1 aromatic rings. The molecule has 0 heterocycles. The molecule has 2 rings (SSSR count). The van der Waals surface area contributed by atoms with Gasteiger partial charge in [0, 0.05) is 11.4 Å². The third-order valence-electron chi connectivity index (χ3n) is 3.89. The van der Waals surface area contributed by atoms with Crippen LogP contribution >= 0.6 is 11.8 Å². The molecule has 1 aromatic carbocycles. The van der Waals surface area contributed by atoms with Gasteiger partial charge in [-0.05, 0) is 43.0 Å². The Hall–Kier alpha value is -1.07. The Morgan fingerprint density at radius 3 is 2.62 bits per heavy atom. The predicted molar refractivity (Wildman–Crippen MR) is 82.7 cm³/mol. The lowest BCUT2D eigenvalue weighted by molar-refractivity contribution is -0.119. The SMILES string of the molecule is O=C(CSc1ccc(F)cc1)NCC(O)C1CCCCC1. The largest absolute Gasteiger partial charge is 0.391 e. The van der Waals surface area contributed by atoms with E-state index in [0.29, 0.717) is 12.5 Å². The normalized spacial score (nSPS) is 17.4. The Bertz CT molecular complexity index is 446. The molecule has 0 aliphatic heterocycles. The number of benzene rings is 1. The van der Waals surface area contributed by atoms with Gasteiger partial charge in [0.25, 0.3) is 0 Å². The summed E-state index contributed by atoms with van der Waals surface area (Å²) in [5.74, 6) is 0.227. The summed E-state index contributed by atoms with van der Waals surface area (Å²) in [4.78, 5) is 12.6. The summed E-state index contributed by atoms with van der Waals surface area (Å²) in [5.41, 5.74) is 0. The maximum atomic E-state index is 12.8. The van der Waals surface area contributed by atoms with Gasteiger partial charge in [0.1, 0.15) is 5.82 Å². The molecule has 0 spiro atoms. The van der Waals surface area contributed by atoms with Crippen molar-refractivity contribution in [3.63, 3.8) is 0 Å². The van der Waals surface area contributed by atoms with Crippen LogP contribution in [0.2, 0.25) is 0 Å². The van der Waals surface area contributed by atoms with Crippen molar-refractivity contribution in [3.05, 3.63) is 30.1 Å². The van der Waals surface area contributed by atoms with Crippen molar-refractivity contribution < 1.29 is 14.3 Å². The van der Waals surface area contributed by atoms with Gasteiger partial charge in [-0.3, -0.25) is 4.79 Å².